The lowest BCUT2D eigenvalue weighted by Crippen LogP contribution is -2.32. The van der Waals surface area contributed by atoms with Crippen molar-refractivity contribution in [3.63, 3.8) is 0 Å². The molecular formula is C32H38N4O5. The van der Waals surface area contributed by atoms with Crippen LogP contribution in [-0.2, 0) is 16.1 Å². The van der Waals surface area contributed by atoms with Gasteiger partial charge in [-0.25, -0.2) is 14.8 Å². The fourth-order valence-electron chi connectivity index (χ4n) is 5.61. The van der Waals surface area contributed by atoms with E-state index < -0.39 is 17.7 Å². The highest BCUT2D eigenvalue weighted by atomic mass is 16.5. The second-order valence-corrected chi connectivity index (χ2v) is 11.6. The number of aryl methyl sites for hydroxylation is 2. The molecule has 41 heavy (non-hydrogen) atoms. The smallest absolute Gasteiger partial charge is 0.337 e. The maximum Gasteiger partial charge on any atom is 0.337 e. The Hall–Kier alpha value is -3.95. The van der Waals surface area contributed by atoms with Gasteiger partial charge in [-0.05, 0) is 64.3 Å². The van der Waals surface area contributed by atoms with Crippen LogP contribution in [-0.4, -0.2) is 56.1 Å². The van der Waals surface area contributed by atoms with Crippen molar-refractivity contribution < 1.29 is 24.5 Å². The summed E-state index contributed by atoms with van der Waals surface area (Å²) in [7, 11) is 0. The third-order valence-corrected chi connectivity index (χ3v) is 7.37. The fraction of sp³-hybridized carbons (Fsp3) is 0.406. The zero-order valence-electron chi connectivity index (χ0n) is 24.6. The Morgan fingerprint density at radius 1 is 1.07 bits per heavy atom. The molecular weight excluding hydrogens is 520 g/mol. The van der Waals surface area contributed by atoms with Gasteiger partial charge >= 0.3 is 5.97 Å². The average Bonchev–Trinajstić information content (AvgIpc) is 3.26. The fourth-order valence-corrected chi connectivity index (χ4v) is 5.61. The van der Waals surface area contributed by atoms with Gasteiger partial charge in [0.2, 0.25) is 5.95 Å². The van der Waals surface area contributed by atoms with E-state index in [-0.39, 0.29) is 6.61 Å². The highest BCUT2D eigenvalue weighted by Gasteiger charge is 2.36. The Morgan fingerprint density at radius 3 is 2.37 bits per heavy atom. The number of benzene rings is 2. The predicted molar refractivity (Wildman–Crippen MR) is 159 cm³/mol. The molecule has 1 aliphatic heterocycles. The van der Waals surface area contributed by atoms with E-state index in [0.717, 1.165) is 51.1 Å². The molecule has 216 valence electrons. The van der Waals surface area contributed by atoms with Crippen LogP contribution in [0.2, 0.25) is 0 Å². The number of hydrogen-bond donors (Lipinski definition) is 2. The van der Waals surface area contributed by atoms with Gasteiger partial charge < -0.3 is 29.2 Å². The van der Waals surface area contributed by atoms with E-state index in [2.05, 4.69) is 56.7 Å². The Balaban J connectivity index is 1.77. The summed E-state index contributed by atoms with van der Waals surface area (Å²) >= 11 is 0. The summed E-state index contributed by atoms with van der Waals surface area (Å²) in [6, 6.07) is 10.4. The molecule has 2 N–H and O–H groups in total. The summed E-state index contributed by atoms with van der Waals surface area (Å²) < 4.78 is 14.2. The quantitative estimate of drug-likeness (QED) is 0.245. The van der Waals surface area contributed by atoms with Crippen molar-refractivity contribution in [3.05, 3.63) is 65.1 Å². The number of aliphatic carboxylic acids is 1. The number of aliphatic hydroxyl groups excluding tert-OH is 1. The van der Waals surface area contributed by atoms with Crippen molar-refractivity contribution in [2.75, 3.05) is 24.7 Å². The summed E-state index contributed by atoms with van der Waals surface area (Å²) in [5, 5.41) is 20.6. The van der Waals surface area contributed by atoms with Crippen molar-refractivity contribution in [3.8, 4) is 16.9 Å². The SMILES string of the molecule is Cc1ccc(-c2c([C@H](OC(C)(C)C)C(=O)O)c(C)c3c4c2cc(C)n4CCN3c2ncc(OCCCO)cn2)cc1. The number of anilines is 2. The standard InChI is InChI=1S/C32H38N4O5/c1-19-8-10-22(11-9-19)26-24-16-20(2)35-12-13-36(31-33-17-23(18-34-31)40-15-7-14-37)27(28(24)35)21(3)25(26)29(30(38)39)41-32(4,5)6/h8-11,16-18,29,37H,7,12-15H2,1-6H3,(H,38,39)/t29-/m0/s1. The van der Waals surface area contributed by atoms with Crippen molar-refractivity contribution in [2.24, 2.45) is 0 Å². The van der Waals surface area contributed by atoms with Crippen LogP contribution >= 0.6 is 0 Å². The first-order valence-corrected chi connectivity index (χ1v) is 14.0. The van der Waals surface area contributed by atoms with Crippen LogP contribution in [0.3, 0.4) is 0 Å². The van der Waals surface area contributed by atoms with Gasteiger partial charge in [-0.15, -0.1) is 0 Å². The highest BCUT2D eigenvalue weighted by Crippen LogP contribution is 2.49. The van der Waals surface area contributed by atoms with Gasteiger partial charge in [0.1, 0.15) is 0 Å². The third-order valence-electron chi connectivity index (χ3n) is 7.37. The largest absolute Gasteiger partial charge is 0.490 e. The number of aromatic nitrogens is 3. The van der Waals surface area contributed by atoms with Gasteiger partial charge in [-0.2, -0.15) is 0 Å². The van der Waals surface area contributed by atoms with Crippen molar-refractivity contribution in [2.45, 2.75) is 66.2 Å². The molecule has 5 rings (SSSR count). The summed E-state index contributed by atoms with van der Waals surface area (Å²) in [5.41, 5.74) is 6.70. The zero-order valence-corrected chi connectivity index (χ0v) is 24.6. The molecule has 0 fully saturated rings. The molecule has 2 aromatic heterocycles. The number of ether oxygens (including phenoxy) is 2. The number of carbonyl (C=O) groups is 1. The first-order valence-electron chi connectivity index (χ1n) is 14.0. The number of carboxylic acid groups (broad SMARTS) is 1. The molecule has 9 heteroatoms. The van der Waals surface area contributed by atoms with E-state index in [0.29, 0.717) is 36.8 Å². The third kappa shape index (κ3) is 5.52. The number of hydrogen-bond acceptors (Lipinski definition) is 7. The van der Waals surface area contributed by atoms with Gasteiger partial charge in [0.05, 0.1) is 35.8 Å². The molecule has 0 bridgehead atoms. The lowest BCUT2D eigenvalue weighted by atomic mass is 9.87. The van der Waals surface area contributed by atoms with Crippen molar-refractivity contribution in [1.82, 2.24) is 14.5 Å². The Labute approximate surface area is 240 Å². The lowest BCUT2D eigenvalue weighted by molar-refractivity contribution is -0.160. The molecule has 4 aromatic rings. The molecule has 0 unspecified atom stereocenters. The van der Waals surface area contributed by atoms with Gasteiger partial charge in [0, 0.05) is 42.8 Å². The first kappa shape index (κ1) is 28.6. The van der Waals surface area contributed by atoms with Crippen LogP contribution in [0, 0.1) is 20.8 Å². The molecule has 0 saturated heterocycles. The maximum atomic E-state index is 12.9. The van der Waals surface area contributed by atoms with E-state index in [1.54, 1.807) is 12.4 Å². The van der Waals surface area contributed by atoms with Crippen LogP contribution in [0.5, 0.6) is 5.75 Å². The predicted octanol–water partition coefficient (Wildman–Crippen LogP) is 5.88. The number of rotatable bonds is 9. The van der Waals surface area contributed by atoms with E-state index >= 15 is 0 Å². The summed E-state index contributed by atoms with van der Waals surface area (Å²) in [4.78, 5) is 24.2. The van der Waals surface area contributed by atoms with Crippen LogP contribution in [0.25, 0.3) is 22.0 Å². The Kier molecular flexibility index (Phi) is 7.76. The van der Waals surface area contributed by atoms with E-state index in [9.17, 15) is 9.90 Å². The highest BCUT2D eigenvalue weighted by molar-refractivity contribution is 6.08. The second kappa shape index (κ2) is 11.1. The van der Waals surface area contributed by atoms with Gasteiger partial charge in [-0.3, -0.25) is 0 Å². The molecule has 9 nitrogen and oxygen atoms in total. The molecule has 3 heterocycles. The normalized spacial score (nSPS) is 14.0. The molecule has 2 aromatic carbocycles. The number of carboxylic acids is 1. The van der Waals surface area contributed by atoms with E-state index in [1.165, 1.54) is 0 Å². The summed E-state index contributed by atoms with van der Waals surface area (Å²) in [5.74, 6) is -0.00559. The second-order valence-electron chi connectivity index (χ2n) is 11.6. The van der Waals surface area contributed by atoms with Crippen molar-refractivity contribution in [1.29, 1.82) is 0 Å². The molecule has 1 atom stereocenters. The average molecular weight is 559 g/mol. The van der Waals surface area contributed by atoms with Gasteiger partial charge in [-0.1, -0.05) is 29.8 Å². The molecule has 0 amide bonds. The first-order chi connectivity index (χ1) is 19.5. The molecule has 0 radical (unpaired) electrons. The lowest BCUT2D eigenvalue weighted by Gasteiger charge is -2.35. The van der Waals surface area contributed by atoms with Crippen LogP contribution in [0.15, 0.2) is 42.7 Å². The minimum atomic E-state index is -1.19. The van der Waals surface area contributed by atoms with Crippen LogP contribution < -0.4 is 9.64 Å². The van der Waals surface area contributed by atoms with Crippen molar-refractivity contribution >= 4 is 28.5 Å². The van der Waals surface area contributed by atoms with Gasteiger partial charge in [0.15, 0.2) is 11.9 Å². The maximum absolute atomic E-state index is 12.9. The molecule has 1 aliphatic rings. The minimum absolute atomic E-state index is 0.0538. The van der Waals surface area contributed by atoms with Crippen LogP contribution in [0.1, 0.15) is 55.7 Å². The zero-order chi connectivity index (χ0) is 29.5. The molecule has 0 saturated carbocycles. The monoisotopic (exact) mass is 558 g/mol. The van der Waals surface area contributed by atoms with Gasteiger partial charge in [0.25, 0.3) is 0 Å². The summed E-state index contributed by atoms with van der Waals surface area (Å²) in [6.07, 6.45) is 2.60. The number of aliphatic hydroxyl groups is 1. The van der Waals surface area contributed by atoms with E-state index in [1.807, 2.05) is 34.6 Å². The summed E-state index contributed by atoms with van der Waals surface area (Å²) in [6.45, 7) is 13.5. The van der Waals surface area contributed by atoms with E-state index in [4.69, 9.17) is 14.6 Å². The number of nitrogens with zero attached hydrogens (tertiary/aromatic N) is 4. The molecule has 0 aliphatic carbocycles. The van der Waals surface area contributed by atoms with Crippen LogP contribution in [0.4, 0.5) is 11.6 Å². The minimum Gasteiger partial charge on any atom is -0.490 e. The molecule has 0 spiro atoms. The Bertz CT molecular complexity index is 1570. The Morgan fingerprint density at radius 2 is 1.76 bits per heavy atom. The topological polar surface area (TPSA) is 110 Å².